The van der Waals surface area contributed by atoms with Crippen LogP contribution in [-0.4, -0.2) is 28.2 Å². The van der Waals surface area contributed by atoms with Crippen molar-refractivity contribution in [3.63, 3.8) is 0 Å². The predicted octanol–water partition coefficient (Wildman–Crippen LogP) is 5.20. The molecule has 0 saturated carbocycles. The number of hydrogen-bond donors (Lipinski definition) is 1. The predicted molar refractivity (Wildman–Crippen MR) is 134 cm³/mol. The summed E-state index contributed by atoms with van der Waals surface area (Å²) in [7, 11) is 0. The van der Waals surface area contributed by atoms with E-state index in [-0.39, 0.29) is 17.2 Å². The summed E-state index contributed by atoms with van der Waals surface area (Å²) in [6.45, 7) is 2.50. The van der Waals surface area contributed by atoms with E-state index in [1.54, 1.807) is 23.9 Å². The van der Waals surface area contributed by atoms with Gasteiger partial charge in [-0.05, 0) is 48.6 Å². The van der Waals surface area contributed by atoms with Crippen molar-refractivity contribution in [1.82, 2.24) is 10.3 Å². The molecule has 1 heterocycles. The quantitative estimate of drug-likeness (QED) is 0.374. The minimum absolute atomic E-state index is 0.0481. The number of carbonyl (C=O) groups is 2. The maximum atomic E-state index is 12.5. The summed E-state index contributed by atoms with van der Waals surface area (Å²) < 4.78 is 0. The lowest BCUT2D eigenvalue weighted by Crippen LogP contribution is -2.27. The Bertz CT molecular complexity index is 1120. The van der Waals surface area contributed by atoms with Crippen molar-refractivity contribution in [3.05, 3.63) is 107 Å². The van der Waals surface area contributed by atoms with Crippen LogP contribution in [0.15, 0.2) is 90.0 Å². The van der Waals surface area contributed by atoms with Crippen molar-refractivity contribution in [3.8, 4) is 0 Å². The fourth-order valence-corrected chi connectivity index (χ4v) is 4.90. The largest absolute Gasteiger partial charge is 0.322 e. The minimum atomic E-state index is -0.239. The van der Waals surface area contributed by atoms with Crippen molar-refractivity contribution in [2.75, 3.05) is 5.75 Å². The molecule has 1 fully saturated rings. The zero-order valence-electron chi connectivity index (χ0n) is 18.6. The van der Waals surface area contributed by atoms with E-state index < -0.39 is 0 Å². The monoisotopic (exact) mass is 457 g/mol. The summed E-state index contributed by atoms with van der Waals surface area (Å²) >= 11 is 1.62. The smallest absolute Gasteiger partial charge is 0.271 e. The highest BCUT2D eigenvalue weighted by Gasteiger charge is 2.32. The van der Waals surface area contributed by atoms with Gasteiger partial charge in [0.15, 0.2) is 0 Å². The van der Waals surface area contributed by atoms with Crippen LogP contribution in [0, 0.1) is 0 Å². The van der Waals surface area contributed by atoms with Gasteiger partial charge in [0.25, 0.3) is 5.91 Å². The molecule has 3 aromatic rings. The number of aryl methyl sites for hydroxylation is 1. The lowest BCUT2D eigenvalue weighted by Gasteiger charge is -2.24. The van der Waals surface area contributed by atoms with Crippen molar-refractivity contribution >= 4 is 29.3 Å². The van der Waals surface area contributed by atoms with Crippen LogP contribution >= 0.6 is 11.8 Å². The topological polar surface area (TPSA) is 61.8 Å². The molecule has 1 unspecified atom stereocenters. The molecule has 0 radical (unpaired) electrons. The Labute approximate surface area is 198 Å². The Morgan fingerprint density at radius 2 is 1.61 bits per heavy atom. The molecule has 0 bridgehead atoms. The highest BCUT2D eigenvalue weighted by molar-refractivity contribution is 8.00. The Balaban J connectivity index is 1.35. The van der Waals surface area contributed by atoms with E-state index in [9.17, 15) is 9.59 Å². The van der Waals surface area contributed by atoms with E-state index in [0.717, 1.165) is 29.7 Å². The number of amides is 2. The van der Waals surface area contributed by atoms with Gasteiger partial charge in [-0.15, -0.1) is 11.8 Å². The van der Waals surface area contributed by atoms with E-state index in [1.165, 1.54) is 5.56 Å². The van der Waals surface area contributed by atoms with Gasteiger partial charge in [0, 0.05) is 17.8 Å². The second kappa shape index (κ2) is 11.0. The van der Waals surface area contributed by atoms with Crippen LogP contribution in [0.2, 0.25) is 0 Å². The molecule has 1 aliphatic rings. The standard InChI is InChI=1S/C27H27N3O2S/c1-20(12-13-21-8-4-2-5-9-21)28-29-26(32)23-14-16-24(17-15-23)27-30(25(31)19-33-27)18-22-10-6-3-7-11-22/h2-11,14-17,27H,12-13,18-19H2,1H3,(H,29,32)/b28-20+. The molecule has 6 heteroatoms. The van der Waals surface area contributed by atoms with Crippen molar-refractivity contribution in [2.45, 2.75) is 31.7 Å². The number of rotatable bonds is 8. The summed E-state index contributed by atoms with van der Waals surface area (Å²) in [5.74, 6) is 0.365. The van der Waals surface area contributed by atoms with E-state index >= 15 is 0 Å². The maximum absolute atomic E-state index is 12.5. The highest BCUT2D eigenvalue weighted by Crippen LogP contribution is 2.39. The second-order valence-corrected chi connectivity index (χ2v) is 9.13. The first-order chi connectivity index (χ1) is 16.1. The van der Waals surface area contributed by atoms with Crippen LogP contribution in [0.4, 0.5) is 0 Å². The van der Waals surface area contributed by atoms with Gasteiger partial charge >= 0.3 is 0 Å². The van der Waals surface area contributed by atoms with Gasteiger partial charge in [-0.2, -0.15) is 5.10 Å². The van der Waals surface area contributed by atoms with Crippen molar-refractivity contribution in [2.24, 2.45) is 5.10 Å². The molecule has 3 aromatic carbocycles. The molecule has 0 aromatic heterocycles. The Morgan fingerprint density at radius 1 is 0.970 bits per heavy atom. The number of carbonyl (C=O) groups excluding carboxylic acids is 2. The Morgan fingerprint density at radius 3 is 2.27 bits per heavy atom. The SMILES string of the molecule is C/C(CCc1ccccc1)=N\NC(=O)c1ccc(C2SCC(=O)N2Cc2ccccc2)cc1. The summed E-state index contributed by atoms with van der Waals surface area (Å²) in [5, 5.41) is 4.20. The third-order valence-corrected chi connectivity index (χ3v) is 6.84. The summed E-state index contributed by atoms with van der Waals surface area (Å²) in [5.41, 5.74) is 7.44. The second-order valence-electron chi connectivity index (χ2n) is 8.07. The zero-order chi connectivity index (χ0) is 23.0. The number of benzene rings is 3. The van der Waals surface area contributed by atoms with E-state index in [4.69, 9.17) is 0 Å². The fraction of sp³-hybridized carbons (Fsp3) is 0.222. The number of nitrogens with one attached hydrogen (secondary N) is 1. The van der Waals surface area contributed by atoms with Crippen LogP contribution in [0.3, 0.4) is 0 Å². The van der Waals surface area contributed by atoms with Crippen LogP contribution in [-0.2, 0) is 17.8 Å². The third kappa shape index (κ3) is 6.11. The van der Waals surface area contributed by atoms with Crippen LogP contribution in [0.1, 0.15) is 45.8 Å². The van der Waals surface area contributed by atoms with Crippen molar-refractivity contribution in [1.29, 1.82) is 0 Å². The third-order valence-electron chi connectivity index (χ3n) is 5.59. The molecule has 33 heavy (non-hydrogen) atoms. The minimum Gasteiger partial charge on any atom is -0.322 e. The highest BCUT2D eigenvalue weighted by atomic mass is 32.2. The Kier molecular flexibility index (Phi) is 7.58. The van der Waals surface area contributed by atoms with E-state index in [1.807, 2.05) is 72.5 Å². The zero-order valence-corrected chi connectivity index (χ0v) is 19.4. The molecule has 168 valence electrons. The van der Waals surface area contributed by atoms with E-state index in [0.29, 0.717) is 17.9 Å². The van der Waals surface area contributed by atoms with Gasteiger partial charge < -0.3 is 4.90 Å². The lowest BCUT2D eigenvalue weighted by atomic mass is 10.1. The molecular formula is C27H27N3O2S. The average Bonchev–Trinajstić information content (AvgIpc) is 3.22. The molecule has 1 N–H and O–H groups in total. The number of hydrazone groups is 1. The fourth-order valence-electron chi connectivity index (χ4n) is 3.72. The van der Waals surface area contributed by atoms with Crippen LogP contribution < -0.4 is 5.43 Å². The van der Waals surface area contributed by atoms with Crippen molar-refractivity contribution < 1.29 is 9.59 Å². The molecule has 4 rings (SSSR count). The van der Waals surface area contributed by atoms with Gasteiger partial charge in [0.2, 0.25) is 5.91 Å². The Hall–Kier alpha value is -3.38. The lowest BCUT2D eigenvalue weighted by molar-refractivity contribution is -0.128. The number of nitrogens with zero attached hydrogens (tertiary/aromatic N) is 2. The summed E-state index contributed by atoms with van der Waals surface area (Å²) in [6, 6.07) is 27.7. The molecule has 1 aliphatic heterocycles. The van der Waals surface area contributed by atoms with Crippen LogP contribution in [0.25, 0.3) is 0 Å². The summed E-state index contributed by atoms with van der Waals surface area (Å²) in [6.07, 6.45) is 1.67. The van der Waals surface area contributed by atoms with Crippen LogP contribution in [0.5, 0.6) is 0 Å². The molecule has 0 aliphatic carbocycles. The number of thioether (sulfide) groups is 1. The van der Waals surface area contributed by atoms with Gasteiger partial charge in [-0.3, -0.25) is 9.59 Å². The molecule has 1 atom stereocenters. The van der Waals surface area contributed by atoms with Gasteiger partial charge in [-0.1, -0.05) is 72.8 Å². The maximum Gasteiger partial charge on any atom is 0.271 e. The van der Waals surface area contributed by atoms with Gasteiger partial charge in [0.1, 0.15) is 5.37 Å². The molecular weight excluding hydrogens is 430 g/mol. The van der Waals surface area contributed by atoms with E-state index in [2.05, 4.69) is 22.7 Å². The average molecular weight is 458 g/mol. The van der Waals surface area contributed by atoms with Gasteiger partial charge in [-0.25, -0.2) is 5.43 Å². The first kappa shape index (κ1) is 22.8. The first-order valence-corrected chi connectivity index (χ1v) is 12.1. The summed E-state index contributed by atoms with van der Waals surface area (Å²) in [4.78, 5) is 26.9. The van der Waals surface area contributed by atoms with Gasteiger partial charge in [0.05, 0.1) is 5.75 Å². The molecule has 2 amide bonds. The molecule has 5 nitrogen and oxygen atoms in total. The molecule has 1 saturated heterocycles. The molecule has 0 spiro atoms. The number of hydrogen-bond acceptors (Lipinski definition) is 4. The normalized spacial score (nSPS) is 16.2. The first-order valence-electron chi connectivity index (χ1n) is 11.0.